The first kappa shape index (κ1) is 7.99. The van der Waals surface area contributed by atoms with Crippen molar-refractivity contribution in [3.63, 3.8) is 0 Å². The van der Waals surface area contributed by atoms with E-state index in [2.05, 4.69) is 19.7 Å². The molecule has 0 saturated heterocycles. The highest BCUT2D eigenvalue weighted by atomic mass is 32.2. The standard InChI is InChI=1S/C4H7N3O3S/c1-3-4(6-10-5-3)7-11(2,8)9/h1-2H3,(H,6,7). The molecule has 0 aliphatic heterocycles. The first-order valence-corrected chi connectivity index (χ1v) is 4.65. The molecule has 0 aromatic carbocycles. The van der Waals surface area contributed by atoms with Crippen molar-refractivity contribution in [1.82, 2.24) is 10.3 Å². The Morgan fingerprint density at radius 3 is 2.45 bits per heavy atom. The van der Waals surface area contributed by atoms with Crippen LogP contribution in [0.1, 0.15) is 5.69 Å². The van der Waals surface area contributed by atoms with Gasteiger partial charge in [-0.2, -0.15) is 0 Å². The molecule has 0 unspecified atom stereocenters. The van der Waals surface area contributed by atoms with Gasteiger partial charge in [0.1, 0.15) is 5.69 Å². The van der Waals surface area contributed by atoms with Crippen molar-refractivity contribution in [3.8, 4) is 0 Å². The van der Waals surface area contributed by atoms with Crippen LogP contribution < -0.4 is 4.72 Å². The Morgan fingerprint density at radius 1 is 1.45 bits per heavy atom. The van der Waals surface area contributed by atoms with Crippen LogP contribution in [0, 0.1) is 6.92 Å². The second kappa shape index (κ2) is 2.50. The molecule has 1 heterocycles. The van der Waals surface area contributed by atoms with Gasteiger partial charge in [-0.25, -0.2) is 13.0 Å². The number of sulfonamides is 1. The molecule has 0 aliphatic carbocycles. The minimum Gasteiger partial charge on any atom is -0.263 e. The molecule has 0 saturated carbocycles. The minimum absolute atomic E-state index is 0.132. The summed E-state index contributed by atoms with van der Waals surface area (Å²) in [5.41, 5.74) is 0.412. The number of aromatic nitrogens is 2. The first-order valence-electron chi connectivity index (χ1n) is 2.76. The third-order valence-electron chi connectivity index (χ3n) is 0.935. The predicted octanol–water partition coefficient (Wildman–Crippen LogP) is -0.250. The number of hydrogen-bond acceptors (Lipinski definition) is 5. The topological polar surface area (TPSA) is 85.1 Å². The number of anilines is 1. The highest BCUT2D eigenvalue weighted by Gasteiger charge is 2.08. The quantitative estimate of drug-likeness (QED) is 0.673. The monoisotopic (exact) mass is 177 g/mol. The Hall–Kier alpha value is -1.11. The van der Waals surface area contributed by atoms with Gasteiger partial charge in [-0.05, 0) is 12.1 Å². The molecule has 0 fully saturated rings. The smallest absolute Gasteiger partial charge is 0.231 e. The van der Waals surface area contributed by atoms with Crippen LogP contribution in [0.15, 0.2) is 4.63 Å². The third-order valence-corrected chi connectivity index (χ3v) is 1.50. The zero-order valence-electron chi connectivity index (χ0n) is 6.03. The van der Waals surface area contributed by atoms with E-state index in [1.807, 2.05) is 0 Å². The zero-order valence-corrected chi connectivity index (χ0v) is 6.84. The third kappa shape index (κ3) is 2.19. The van der Waals surface area contributed by atoms with Crippen molar-refractivity contribution < 1.29 is 13.0 Å². The second-order valence-electron chi connectivity index (χ2n) is 2.07. The van der Waals surface area contributed by atoms with Crippen molar-refractivity contribution in [3.05, 3.63) is 5.69 Å². The molecule has 0 amide bonds. The minimum atomic E-state index is -3.28. The fourth-order valence-corrected chi connectivity index (χ4v) is 1.04. The number of nitrogens with one attached hydrogen (secondary N) is 1. The molecular formula is C4H7N3O3S. The van der Waals surface area contributed by atoms with Crippen LogP contribution in [0.3, 0.4) is 0 Å². The summed E-state index contributed by atoms with van der Waals surface area (Å²) in [6, 6.07) is 0. The molecular weight excluding hydrogens is 170 g/mol. The summed E-state index contributed by atoms with van der Waals surface area (Å²) in [5, 5.41) is 6.71. The fourth-order valence-electron chi connectivity index (χ4n) is 0.500. The summed E-state index contributed by atoms with van der Waals surface area (Å²) < 4.78 is 27.7. The first-order chi connectivity index (χ1) is 4.99. The van der Waals surface area contributed by atoms with Crippen molar-refractivity contribution in [2.45, 2.75) is 6.92 Å². The van der Waals surface area contributed by atoms with E-state index in [1.54, 1.807) is 6.92 Å². The van der Waals surface area contributed by atoms with Gasteiger partial charge in [-0.3, -0.25) is 4.72 Å². The van der Waals surface area contributed by atoms with Gasteiger partial charge < -0.3 is 0 Å². The molecule has 0 atom stereocenters. The average molecular weight is 177 g/mol. The fraction of sp³-hybridized carbons (Fsp3) is 0.500. The van der Waals surface area contributed by atoms with Gasteiger partial charge in [0.25, 0.3) is 0 Å². The van der Waals surface area contributed by atoms with Crippen molar-refractivity contribution in [2.75, 3.05) is 11.0 Å². The number of nitrogens with zero attached hydrogens (tertiary/aromatic N) is 2. The SMILES string of the molecule is Cc1nonc1NS(C)(=O)=O. The molecule has 0 spiro atoms. The van der Waals surface area contributed by atoms with Gasteiger partial charge in [0.2, 0.25) is 15.8 Å². The maximum absolute atomic E-state index is 10.6. The van der Waals surface area contributed by atoms with E-state index in [0.29, 0.717) is 5.69 Å². The summed E-state index contributed by atoms with van der Waals surface area (Å²) in [6.45, 7) is 1.59. The van der Waals surface area contributed by atoms with Crippen LogP contribution in [0.4, 0.5) is 5.82 Å². The maximum atomic E-state index is 10.6. The summed E-state index contributed by atoms with van der Waals surface area (Å²) in [5.74, 6) is 0.132. The van der Waals surface area contributed by atoms with Crippen LogP contribution >= 0.6 is 0 Å². The van der Waals surface area contributed by atoms with Crippen LogP contribution in [-0.4, -0.2) is 25.0 Å². The Morgan fingerprint density at radius 2 is 2.09 bits per heavy atom. The van der Waals surface area contributed by atoms with Gasteiger partial charge in [-0.1, -0.05) is 5.16 Å². The summed E-state index contributed by atoms with van der Waals surface area (Å²) in [6.07, 6.45) is 1.03. The molecule has 11 heavy (non-hydrogen) atoms. The highest BCUT2D eigenvalue weighted by molar-refractivity contribution is 7.92. The van der Waals surface area contributed by atoms with E-state index in [4.69, 9.17) is 0 Å². The summed E-state index contributed by atoms with van der Waals surface area (Å²) >= 11 is 0. The number of hydrogen-bond donors (Lipinski definition) is 1. The van der Waals surface area contributed by atoms with Gasteiger partial charge in [0.15, 0.2) is 0 Å². The van der Waals surface area contributed by atoms with E-state index < -0.39 is 10.0 Å². The van der Waals surface area contributed by atoms with Crippen LogP contribution in [0.2, 0.25) is 0 Å². The largest absolute Gasteiger partial charge is 0.263 e. The zero-order chi connectivity index (χ0) is 8.48. The van der Waals surface area contributed by atoms with Gasteiger partial charge in [0.05, 0.1) is 6.26 Å². The van der Waals surface area contributed by atoms with Gasteiger partial charge >= 0.3 is 0 Å². The maximum Gasteiger partial charge on any atom is 0.231 e. The van der Waals surface area contributed by atoms with Crippen LogP contribution in [-0.2, 0) is 10.0 Å². The molecule has 1 aromatic heterocycles. The van der Waals surface area contributed by atoms with Crippen LogP contribution in [0.25, 0.3) is 0 Å². The Balaban J connectivity index is 2.89. The predicted molar refractivity (Wildman–Crippen MR) is 37.5 cm³/mol. The summed E-state index contributed by atoms with van der Waals surface area (Å²) in [4.78, 5) is 0. The molecule has 0 radical (unpaired) electrons. The Labute approximate surface area is 63.6 Å². The Bertz CT molecular complexity index is 341. The lowest BCUT2D eigenvalue weighted by atomic mass is 10.5. The van der Waals surface area contributed by atoms with E-state index in [1.165, 1.54) is 0 Å². The highest BCUT2D eigenvalue weighted by Crippen LogP contribution is 2.07. The molecule has 1 N–H and O–H groups in total. The lowest BCUT2D eigenvalue weighted by Gasteiger charge is -1.95. The van der Waals surface area contributed by atoms with E-state index in [-0.39, 0.29) is 5.82 Å². The lowest BCUT2D eigenvalue weighted by Crippen LogP contribution is -2.10. The van der Waals surface area contributed by atoms with E-state index >= 15 is 0 Å². The molecule has 0 aliphatic rings. The van der Waals surface area contributed by atoms with Gasteiger partial charge in [-0.15, -0.1) is 0 Å². The average Bonchev–Trinajstić information content (AvgIpc) is 2.12. The normalized spacial score (nSPS) is 11.5. The number of rotatable bonds is 2. The van der Waals surface area contributed by atoms with Crippen molar-refractivity contribution in [2.24, 2.45) is 0 Å². The van der Waals surface area contributed by atoms with Crippen LogP contribution in [0.5, 0.6) is 0 Å². The van der Waals surface area contributed by atoms with Crippen molar-refractivity contribution in [1.29, 1.82) is 0 Å². The molecule has 6 nitrogen and oxygen atoms in total. The van der Waals surface area contributed by atoms with E-state index in [0.717, 1.165) is 6.26 Å². The molecule has 7 heteroatoms. The second-order valence-corrected chi connectivity index (χ2v) is 3.82. The lowest BCUT2D eigenvalue weighted by molar-refractivity contribution is 0.306. The Kier molecular flexibility index (Phi) is 1.81. The summed E-state index contributed by atoms with van der Waals surface area (Å²) in [7, 11) is -3.28. The molecule has 62 valence electrons. The number of aryl methyl sites for hydroxylation is 1. The molecule has 1 rings (SSSR count). The molecule has 0 bridgehead atoms. The van der Waals surface area contributed by atoms with Gasteiger partial charge in [0, 0.05) is 0 Å². The van der Waals surface area contributed by atoms with Crippen molar-refractivity contribution >= 4 is 15.8 Å². The van der Waals surface area contributed by atoms with E-state index in [9.17, 15) is 8.42 Å². The molecule has 1 aromatic rings.